The lowest BCUT2D eigenvalue weighted by molar-refractivity contribution is 0.0951. The number of halogens is 1. The van der Waals surface area contributed by atoms with Gasteiger partial charge in [0.2, 0.25) is 10.0 Å². The van der Waals surface area contributed by atoms with Crippen molar-refractivity contribution in [1.82, 2.24) is 10.0 Å². The van der Waals surface area contributed by atoms with Crippen LogP contribution in [0.15, 0.2) is 53.4 Å². The van der Waals surface area contributed by atoms with Crippen LogP contribution in [0.25, 0.3) is 0 Å². The number of amides is 1. The van der Waals surface area contributed by atoms with Gasteiger partial charge in [-0.25, -0.2) is 17.5 Å². The summed E-state index contributed by atoms with van der Waals surface area (Å²) in [6, 6.07) is 11.0. The van der Waals surface area contributed by atoms with Crippen LogP contribution >= 0.6 is 0 Å². The molecule has 0 heterocycles. The minimum absolute atomic E-state index is 0.0653. The molecule has 0 aliphatic carbocycles. The molecule has 2 aromatic rings. The lowest BCUT2D eigenvalue weighted by Crippen LogP contribution is -2.35. The Hall–Kier alpha value is -2.29. The van der Waals surface area contributed by atoms with E-state index in [4.69, 9.17) is 4.74 Å². The van der Waals surface area contributed by atoms with Crippen molar-refractivity contribution >= 4 is 15.9 Å². The Bertz CT molecular complexity index is 836. The molecule has 2 rings (SSSR count). The summed E-state index contributed by atoms with van der Waals surface area (Å²) in [7, 11) is -2.19. The number of carbonyl (C=O) groups excluding carboxylic acids is 1. The van der Waals surface area contributed by atoms with Gasteiger partial charge in [0.1, 0.15) is 5.82 Å². The molecule has 6 nitrogen and oxygen atoms in total. The Morgan fingerprint density at radius 2 is 1.73 bits per heavy atom. The second-order valence-electron chi connectivity index (χ2n) is 5.81. The molecule has 2 N–H and O–H groups in total. The van der Waals surface area contributed by atoms with Crippen LogP contribution in [0.1, 0.15) is 22.8 Å². The Kier molecular flexibility index (Phi) is 6.84. The van der Waals surface area contributed by atoms with Crippen molar-refractivity contribution in [2.75, 3.05) is 13.7 Å². The van der Waals surface area contributed by atoms with Crippen LogP contribution in [0.3, 0.4) is 0 Å². The quantitative estimate of drug-likeness (QED) is 0.734. The molecule has 0 aromatic heterocycles. The van der Waals surface area contributed by atoms with E-state index in [1.165, 1.54) is 43.5 Å². The van der Waals surface area contributed by atoms with E-state index >= 15 is 0 Å². The second kappa shape index (κ2) is 8.88. The molecule has 1 amide bonds. The Morgan fingerprint density at radius 3 is 2.31 bits per heavy atom. The maximum atomic E-state index is 12.9. The summed E-state index contributed by atoms with van der Waals surface area (Å²) in [6.45, 7) is 2.19. The lowest BCUT2D eigenvalue weighted by atomic mass is 10.2. The number of hydrogen-bond donors (Lipinski definition) is 2. The highest BCUT2D eigenvalue weighted by Gasteiger charge is 2.17. The molecule has 0 fully saturated rings. The monoisotopic (exact) mass is 380 g/mol. The fraction of sp³-hybridized carbons (Fsp3) is 0.278. The number of sulfonamides is 1. The molecular formula is C18H21FN2O4S. The van der Waals surface area contributed by atoms with Gasteiger partial charge in [-0.2, -0.15) is 0 Å². The number of benzene rings is 2. The molecular weight excluding hydrogens is 359 g/mol. The van der Waals surface area contributed by atoms with Gasteiger partial charge >= 0.3 is 0 Å². The van der Waals surface area contributed by atoms with E-state index in [2.05, 4.69) is 10.0 Å². The van der Waals surface area contributed by atoms with Gasteiger partial charge in [-0.05, 0) is 48.9 Å². The Morgan fingerprint density at radius 1 is 1.12 bits per heavy atom. The summed E-state index contributed by atoms with van der Waals surface area (Å²) in [5, 5.41) is 2.70. The predicted molar refractivity (Wildman–Crippen MR) is 95.7 cm³/mol. The van der Waals surface area contributed by atoms with Gasteiger partial charge in [0.25, 0.3) is 5.91 Å². The zero-order valence-corrected chi connectivity index (χ0v) is 15.3. The fourth-order valence-electron chi connectivity index (χ4n) is 2.29. The highest BCUT2D eigenvalue weighted by Crippen LogP contribution is 2.12. The first kappa shape index (κ1) is 20.0. The Labute approximate surface area is 152 Å². The molecule has 0 unspecified atom stereocenters. The van der Waals surface area contributed by atoms with Crippen LogP contribution in [0.2, 0.25) is 0 Å². The molecule has 0 radical (unpaired) electrons. The maximum Gasteiger partial charge on any atom is 0.251 e. The first-order valence-electron chi connectivity index (χ1n) is 7.96. The van der Waals surface area contributed by atoms with E-state index in [9.17, 15) is 17.6 Å². The number of nitrogens with one attached hydrogen (secondary N) is 2. The SMILES string of the molecule is COC[C@H](C)NS(=O)(=O)c1ccc(C(=O)NCc2ccc(F)cc2)cc1. The van der Waals surface area contributed by atoms with E-state index in [0.717, 1.165) is 5.56 Å². The van der Waals surface area contributed by atoms with Crippen molar-refractivity contribution < 1.29 is 22.3 Å². The lowest BCUT2D eigenvalue weighted by Gasteiger charge is -2.13. The molecule has 2 aromatic carbocycles. The molecule has 1 atom stereocenters. The number of hydrogen-bond acceptors (Lipinski definition) is 4. The third kappa shape index (κ3) is 5.62. The average molecular weight is 380 g/mol. The minimum Gasteiger partial charge on any atom is -0.383 e. The van der Waals surface area contributed by atoms with Crippen molar-refractivity contribution in [2.24, 2.45) is 0 Å². The molecule has 0 aliphatic heterocycles. The van der Waals surface area contributed by atoms with Crippen molar-refractivity contribution in [2.45, 2.75) is 24.4 Å². The van der Waals surface area contributed by atoms with Crippen LogP contribution in [0, 0.1) is 5.82 Å². The highest BCUT2D eigenvalue weighted by atomic mass is 32.2. The van der Waals surface area contributed by atoms with Crippen LogP contribution < -0.4 is 10.0 Å². The second-order valence-corrected chi connectivity index (χ2v) is 7.53. The maximum absolute atomic E-state index is 12.9. The van der Waals surface area contributed by atoms with E-state index in [0.29, 0.717) is 5.56 Å². The van der Waals surface area contributed by atoms with Gasteiger partial charge in [-0.1, -0.05) is 12.1 Å². The fourth-order valence-corrected chi connectivity index (χ4v) is 3.52. The van der Waals surface area contributed by atoms with Crippen LogP contribution in [-0.2, 0) is 21.3 Å². The zero-order valence-electron chi connectivity index (χ0n) is 14.5. The standard InChI is InChI=1S/C18H21FN2O4S/c1-13(12-25-2)21-26(23,24)17-9-5-15(6-10-17)18(22)20-11-14-3-7-16(19)8-4-14/h3-10,13,21H,11-12H2,1-2H3,(H,20,22)/t13-/m0/s1. The van der Waals surface area contributed by atoms with Crippen molar-refractivity contribution in [3.8, 4) is 0 Å². The topological polar surface area (TPSA) is 84.5 Å². The van der Waals surface area contributed by atoms with Gasteiger partial charge < -0.3 is 10.1 Å². The van der Waals surface area contributed by atoms with Gasteiger partial charge in [-0.3, -0.25) is 4.79 Å². The largest absolute Gasteiger partial charge is 0.383 e. The first-order valence-corrected chi connectivity index (χ1v) is 9.44. The summed E-state index contributed by atoms with van der Waals surface area (Å²) in [5.74, 6) is -0.690. The smallest absolute Gasteiger partial charge is 0.251 e. The van der Waals surface area contributed by atoms with Gasteiger partial charge in [0.15, 0.2) is 0 Å². The van der Waals surface area contributed by atoms with Crippen LogP contribution in [-0.4, -0.2) is 34.1 Å². The van der Waals surface area contributed by atoms with Gasteiger partial charge in [0.05, 0.1) is 11.5 Å². The summed E-state index contributed by atoms with van der Waals surface area (Å²) in [6.07, 6.45) is 0. The first-order chi connectivity index (χ1) is 12.3. The number of methoxy groups -OCH3 is 1. The van der Waals surface area contributed by atoms with Crippen LogP contribution in [0.4, 0.5) is 4.39 Å². The van der Waals surface area contributed by atoms with E-state index in [-0.39, 0.29) is 35.8 Å². The normalized spacial score (nSPS) is 12.6. The van der Waals surface area contributed by atoms with Gasteiger partial charge in [-0.15, -0.1) is 0 Å². The number of rotatable bonds is 8. The highest BCUT2D eigenvalue weighted by molar-refractivity contribution is 7.89. The summed E-state index contributed by atoms with van der Waals surface area (Å²) >= 11 is 0. The van der Waals surface area contributed by atoms with E-state index < -0.39 is 10.0 Å². The summed E-state index contributed by atoms with van der Waals surface area (Å²) in [4.78, 5) is 12.2. The van der Waals surface area contributed by atoms with Crippen molar-refractivity contribution in [3.05, 3.63) is 65.5 Å². The number of ether oxygens (including phenoxy) is 1. The third-order valence-electron chi connectivity index (χ3n) is 3.57. The summed E-state index contributed by atoms with van der Waals surface area (Å²) in [5.41, 5.74) is 1.09. The molecule has 0 aliphatic rings. The molecule has 0 spiro atoms. The molecule has 8 heteroatoms. The van der Waals surface area contributed by atoms with E-state index in [1.54, 1.807) is 19.1 Å². The van der Waals surface area contributed by atoms with E-state index in [1.807, 2.05) is 0 Å². The zero-order chi connectivity index (χ0) is 19.2. The molecule has 0 bridgehead atoms. The third-order valence-corrected chi connectivity index (χ3v) is 5.17. The molecule has 0 saturated carbocycles. The summed E-state index contributed by atoms with van der Waals surface area (Å²) < 4.78 is 44.7. The van der Waals surface area contributed by atoms with Crippen LogP contribution in [0.5, 0.6) is 0 Å². The van der Waals surface area contributed by atoms with Crippen molar-refractivity contribution in [1.29, 1.82) is 0 Å². The Balaban J connectivity index is 1.99. The van der Waals surface area contributed by atoms with Crippen molar-refractivity contribution in [3.63, 3.8) is 0 Å². The van der Waals surface area contributed by atoms with Gasteiger partial charge in [0, 0.05) is 25.3 Å². The average Bonchev–Trinajstić information content (AvgIpc) is 2.61. The predicted octanol–water partition coefficient (Wildman–Crippen LogP) is 2.07. The molecule has 26 heavy (non-hydrogen) atoms. The number of carbonyl (C=O) groups is 1. The minimum atomic E-state index is -3.68. The molecule has 0 saturated heterocycles. The molecule has 140 valence electrons.